The van der Waals surface area contributed by atoms with Crippen LogP contribution in [-0.2, 0) is 0 Å². The zero-order chi connectivity index (χ0) is 12.1. The molecule has 0 amide bonds. The number of nitrogens with two attached hydrogens (primary N) is 1. The lowest BCUT2D eigenvalue weighted by Gasteiger charge is -2.09. The van der Waals surface area contributed by atoms with E-state index in [1.165, 1.54) is 14.2 Å². The Bertz CT molecular complexity index is 408. The second kappa shape index (κ2) is 5.82. The molecule has 0 aliphatic carbocycles. The van der Waals surface area contributed by atoms with E-state index in [4.69, 9.17) is 38.4 Å². The van der Waals surface area contributed by atoms with Gasteiger partial charge >= 0.3 is 0 Å². The standard InChI is InChI=1S/C10H12Cl2N2O2/c1-15-8-4-9(16-2)7(3-6(8)12)14-10(13)5-11/h3-4H,5H2,1-2H3,(H2,13,14). The number of alkyl halides is 1. The van der Waals surface area contributed by atoms with Gasteiger partial charge in [0, 0.05) is 6.07 Å². The average molecular weight is 263 g/mol. The summed E-state index contributed by atoms with van der Waals surface area (Å²) in [6, 6.07) is 3.25. The van der Waals surface area contributed by atoms with Gasteiger partial charge in [0.25, 0.3) is 0 Å². The van der Waals surface area contributed by atoms with E-state index in [0.717, 1.165) is 0 Å². The molecule has 4 nitrogen and oxygen atoms in total. The number of ether oxygens (including phenoxy) is 2. The van der Waals surface area contributed by atoms with Crippen LogP contribution in [0, 0.1) is 0 Å². The molecule has 0 bridgehead atoms. The first kappa shape index (κ1) is 12.9. The van der Waals surface area contributed by atoms with Gasteiger partial charge in [0.15, 0.2) is 0 Å². The normalized spacial score (nSPS) is 11.4. The summed E-state index contributed by atoms with van der Waals surface area (Å²) in [5.74, 6) is 1.48. The van der Waals surface area contributed by atoms with E-state index in [1.807, 2.05) is 0 Å². The van der Waals surface area contributed by atoms with Crippen molar-refractivity contribution < 1.29 is 9.47 Å². The predicted octanol–water partition coefficient (Wildman–Crippen LogP) is 2.58. The third-order valence-corrected chi connectivity index (χ3v) is 2.42. The van der Waals surface area contributed by atoms with Crippen molar-refractivity contribution in [1.29, 1.82) is 0 Å². The molecule has 0 fully saturated rings. The molecule has 0 aliphatic rings. The van der Waals surface area contributed by atoms with Crippen LogP contribution in [0.3, 0.4) is 0 Å². The SMILES string of the molecule is COc1cc(OC)c(N=C(N)CCl)cc1Cl. The van der Waals surface area contributed by atoms with E-state index in [-0.39, 0.29) is 5.88 Å². The molecule has 0 heterocycles. The Morgan fingerprint density at radius 3 is 2.44 bits per heavy atom. The lowest BCUT2D eigenvalue weighted by Crippen LogP contribution is -2.12. The lowest BCUT2D eigenvalue weighted by atomic mass is 10.2. The first-order valence-electron chi connectivity index (χ1n) is 4.43. The zero-order valence-electron chi connectivity index (χ0n) is 8.96. The molecular formula is C10H12Cl2N2O2. The van der Waals surface area contributed by atoms with Crippen LogP contribution in [0.15, 0.2) is 17.1 Å². The number of methoxy groups -OCH3 is 2. The van der Waals surface area contributed by atoms with Crippen molar-refractivity contribution in [3.63, 3.8) is 0 Å². The maximum atomic E-state index is 5.96. The van der Waals surface area contributed by atoms with Crippen molar-refractivity contribution in [1.82, 2.24) is 0 Å². The molecule has 16 heavy (non-hydrogen) atoms. The molecule has 2 N–H and O–H groups in total. The molecule has 1 aromatic rings. The molecule has 0 radical (unpaired) electrons. The maximum Gasteiger partial charge on any atom is 0.148 e. The van der Waals surface area contributed by atoms with Crippen LogP contribution in [0.5, 0.6) is 11.5 Å². The van der Waals surface area contributed by atoms with Crippen LogP contribution in [0.1, 0.15) is 0 Å². The predicted molar refractivity (Wildman–Crippen MR) is 66.6 cm³/mol. The second-order valence-corrected chi connectivity index (χ2v) is 3.57. The molecule has 0 unspecified atom stereocenters. The molecule has 0 aromatic heterocycles. The first-order valence-corrected chi connectivity index (χ1v) is 5.34. The molecule has 1 aromatic carbocycles. The Kier molecular flexibility index (Phi) is 4.71. The van der Waals surface area contributed by atoms with Crippen molar-refractivity contribution in [3.05, 3.63) is 17.2 Å². The Balaban J connectivity index is 3.23. The summed E-state index contributed by atoms with van der Waals surface area (Å²) in [5, 5.41) is 0.435. The van der Waals surface area contributed by atoms with E-state index in [0.29, 0.717) is 28.0 Å². The smallest absolute Gasteiger partial charge is 0.148 e. The molecule has 0 atom stereocenters. The minimum Gasteiger partial charge on any atom is -0.495 e. The molecule has 0 aliphatic heterocycles. The second-order valence-electron chi connectivity index (χ2n) is 2.90. The van der Waals surface area contributed by atoms with E-state index in [9.17, 15) is 0 Å². The number of rotatable bonds is 4. The molecule has 0 spiro atoms. The maximum absolute atomic E-state index is 5.96. The Labute approximate surface area is 104 Å². The summed E-state index contributed by atoms with van der Waals surface area (Å²) in [6.07, 6.45) is 0. The monoisotopic (exact) mass is 262 g/mol. The van der Waals surface area contributed by atoms with E-state index in [2.05, 4.69) is 4.99 Å². The largest absolute Gasteiger partial charge is 0.495 e. The highest BCUT2D eigenvalue weighted by atomic mass is 35.5. The third-order valence-electron chi connectivity index (χ3n) is 1.85. The van der Waals surface area contributed by atoms with Crippen molar-refractivity contribution in [3.8, 4) is 11.5 Å². The molecule has 88 valence electrons. The molecule has 0 saturated carbocycles. The van der Waals surface area contributed by atoms with Gasteiger partial charge in [0.2, 0.25) is 0 Å². The average Bonchev–Trinajstić information content (AvgIpc) is 2.29. The quantitative estimate of drug-likeness (QED) is 0.516. The fraction of sp³-hybridized carbons (Fsp3) is 0.300. The van der Waals surface area contributed by atoms with Gasteiger partial charge in [0.05, 0.1) is 25.1 Å². The van der Waals surface area contributed by atoms with Crippen LogP contribution in [-0.4, -0.2) is 25.9 Å². The fourth-order valence-corrected chi connectivity index (χ4v) is 1.41. The number of hydrogen-bond donors (Lipinski definition) is 1. The van der Waals surface area contributed by atoms with Crippen molar-refractivity contribution in [2.75, 3.05) is 20.1 Å². The van der Waals surface area contributed by atoms with Gasteiger partial charge in [-0.05, 0) is 6.07 Å². The highest BCUT2D eigenvalue weighted by Crippen LogP contribution is 2.37. The highest BCUT2D eigenvalue weighted by Gasteiger charge is 2.09. The van der Waals surface area contributed by atoms with Gasteiger partial charge in [-0.1, -0.05) is 11.6 Å². The fourth-order valence-electron chi connectivity index (χ4n) is 1.12. The van der Waals surface area contributed by atoms with Gasteiger partial charge in [-0.3, -0.25) is 0 Å². The number of nitrogens with zero attached hydrogens (tertiary/aromatic N) is 1. The van der Waals surface area contributed by atoms with Gasteiger partial charge in [0.1, 0.15) is 23.0 Å². The van der Waals surface area contributed by atoms with Crippen molar-refractivity contribution in [2.45, 2.75) is 0 Å². The number of benzene rings is 1. The minimum absolute atomic E-state index is 0.146. The topological polar surface area (TPSA) is 56.8 Å². The molecule has 6 heteroatoms. The summed E-state index contributed by atoms with van der Waals surface area (Å²) in [6.45, 7) is 0. The first-order chi connectivity index (χ1) is 7.62. The summed E-state index contributed by atoms with van der Waals surface area (Å²) in [4.78, 5) is 4.08. The summed E-state index contributed by atoms with van der Waals surface area (Å²) < 4.78 is 10.2. The Hall–Kier alpha value is -1.13. The Morgan fingerprint density at radius 1 is 1.31 bits per heavy atom. The van der Waals surface area contributed by atoms with Crippen LogP contribution in [0.25, 0.3) is 0 Å². The van der Waals surface area contributed by atoms with Crippen LogP contribution >= 0.6 is 23.2 Å². The van der Waals surface area contributed by atoms with E-state index >= 15 is 0 Å². The van der Waals surface area contributed by atoms with Crippen molar-refractivity contribution >= 4 is 34.7 Å². The summed E-state index contributed by atoms with van der Waals surface area (Å²) >= 11 is 11.5. The number of halogens is 2. The zero-order valence-corrected chi connectivity index (χ0v) is 10.5. The molecule has 0 saturated heterocycles. The molecular weight excluding hydrogens is 251 g/mol. The van der Waals surface area contributed by atoms with Crippen molar-refractivity contribution in [2.24, 2.45) is 10.7 Å². The summed E-state index contributed by atoms with van der Waals surface area (Å²) in [5.41, 5.74) is 6.06. The van der Waals surface area contributed by atoms with E-state index < -0.39 is 0 Å². The third kappa shape index (κ3) is 2.93. The minimum atomic E-state index is 0.146. The van der Waals surface area contributed by atoms with Crippen LogP contribution in [0.4, 0.5) is 5.69 Å². The van der Waals surface area contributed by atoms with Gasteiger partial charge < -0.3 is 15.2 Å². The number of aliphatic imine (C=N–C) groups is 1. The molecule has 1 rings (SSSR count). The van der Waals surface area contributed by atoms with Gasteiger partial charge in [-0.25, -0.2) is 4.99 Å². The van der Waals surface area contributed by atoms with Crippen LogP contribution in [0.2, 0.25) is 5.02 Å². The number of hydrogen-bond acceptors (Lipinski definition) is 3. The summed E-state index contributed by atoms with van der Waals surface area (Å²) in [7, 11) is 3.05. The Morgan fingerprint density at radius 2 is 1.94 bits per heavy atom. The highest BCUT2D eigenvalue weighted by molar-refractivity contribution is 6.32. The van der Waals surface area contributed by atoms with E-state index in [1.54, 1.807) is 12.1 Å². The lowest BCUT2D eigenvalue weighted by molar-refractivity contribution is 0.395. The number of amidine groups is 1. The van der Waals surface area contributed by atoms with Gasteiger partial charge in [-0.2, -0.15) is 0 Å². The van der Waals surface area contributed by atoms with Gasteiger partial charge in [-0.15, -0.1) is 11.6 Å². The van der Waals surface area contributed by atoms with Crippen LogP contribution < -0.4 is 15.2 Å².